The molecule has 0 aliphatic carbocycles. The summed E-state index contributed by atoms with van der Waals surface area (Å²) >= 11 is 0. The number of aliphatic carboxylic acids is 1. The van der Waals surface area contributed by atoms with Crippen molar-refractivity contribution >= 4 is 17.7 Å². The molecule has 0 unspecified atom stereocenters. The van der Waals surface area contributed by atoms with Crippen LogP contribution in [0.1, 0.15) is 38.5 Å². The Kier molecular flexibility index (Phi) is 7.74. The van der Waals surface area contributed by atoms with Gasteiger partial charge in [0.25, 0.3) is 0 Å². The number of hydrogen-bond donors (Lipinski definition) is 2. The summed E-state index contributed by atoms with van der Waals surface area (Å²) in [6.45, 7) is 4.50. The molecule has 1 aliphatic rings. The van der Waals surface area contributed by atoms with E-state index in [2.05, 4.69) is 25.1 Å². The Morgan fingerprint density at radius 3 is 2.75 bits per heavy atom. The number of nitrogens with one attached hydrogen (secondary N) is 1. The van der Waals surface area contributed by atoms with Gasteiger partial charge in [-0.15, -0.1) is 0 Å². The van der Waals surface area contributed by atoms with Crippen LogP contribution in [-0.2, 0) is 4.79 Å². The fourth-order valence-electron chi connectivity index (χ4n) is 2.88. The molecule has 134 valence electrons. The van der Waals surface area contributed by atoms with E-state index >= 15 is 0 Å². The van der Waals surface area contributed by atoms with Gasteiger partial charge in [0.05, 0.1) is 0 Å². The molecule has 0 atom stereocenters. The number of aromatic nitrogens is 2. The molecule has 7 nitrogen and oxygen atoms in total. The van der Waals surface area contributed by atoms with E-state index in [4.69, 9.17) is 5.11 Å². The maximum absolute atomic E-state index is 10.5. The van der Waals surface area contributed by atoms with Gasteiger partial charge in [0, 0.05) is 38.8 Å². The summed E-state index contributed by atoms with van der Waals surface area (Å²) in [5.41, 5.74) is 0. The lowest BCUT2D eigenvalue weighted by molar-refractivity contribution is -0.137. The normalized spacial score (nSPS) is 15.3. The van der Waals surface area contributed by atoms with Gasteiger partial charge >= 0.3 is 5.97 Å². The van der Waals surface area contributed by atoms with E-state index < -0.39 is 5.97 Å². The standard InChI is InChI=1S/C17H29N5O2/c1-21(11-6-7-16(23)24)14-10-19-17-18-9-8-15(20-17)22-12-4-2-3-5-13-22/h8-9H,2-7,10-14H2,1H3,(H,23,24)(H,18,19,20). The molecule has 1 fully saturated rings. The quantitative estimate of drug-likeness (QED) is 0.715. The zero-order chi connectivity index (χ0) is 17.2. The molecule has 2 heterocycles. The third kappa shape index (κ3) is 6.70. The zero-order valence-corrected chi connectivity index (χ0v) is 14.6. The largest absolute Gasteiger partial charge is 0.481 e. The van der Waals surface area contributed by atoms with Gasteiger partial charge in [-0.25, -0.2) is 4.98 Å². The number of likely N-dealkylation sites (N-methyl/N-ethyl adjacent to an activating group) is 1. The first-order valence-electron chi connectivity index (χ1n) is 8.87. The Balaban J connectivity index is 1.74. The van der Waals surface area contributed by atoms with E-state index in [0.29, 0.717) is 12.4 Å². The van der Waals surface area contributed by atoms with Gasteiger partial charge in [-0.05, 0) is 38.9 Å². The first-order chi connectivity index (χ1) is 11.6. The molecule has 0 bridgehead atoms. The number of carboxylic acid groups (broad SMARTS) is 1. The lowest BCUT2D eigenvalue weighted by Gasteiger charge is -2.21. The molecule has 1 aliphatic heterocycles. The second-order valence-corrected chi connectivity index (χ2v) is 6.37. The average Bonchev–Trinajstić information content (AvgIpc) is 2.84. The number of anilines is 2. The maximum atomic E-state index is 10.5. The molecule has 0 radical (unpaired) electrons. The van der Waals surface area contributed by atoms with Crippen molar-refractivity contribution in [3.8, 4) is 0 Å². The van der Waals surface area contributed by atoms with Crippen LogP contribution in [-0.4, -0.2) is 65.7 Å². The average molecular weight is 335 g/mol. The summed E-state index contributed by atoms with van der Waals surface area (Å²) < 4.78 is 0. The highest BCUT2D eigenvalue weighted by molar-refractivity contribution is 5.66. The van der Waals surface area contributed by atoms with Crippen LogP contribution in [0.25, 0.3) is 0 Å². The second-order valence-electron chi connectivity index (χ2n) is 6.37. The van der Waals surface area contributed by atoms with Crippen molar-refractivity contribution in [2.45, 2.75) is 38.5 Å². The number of carboxylic acids is 1. The topological polar surface area (TPSA) is 81.6 Å². The second kappa shape index (κ2) is 10.1. The van der Waals surface area contributed by atoms with Crippen molar-refractivity contribution in [2.75, 3.05) is 50.0 Å². The SMILES string of the molecule is CN(CCCC(=O)O)CCNc1nccc(N2CCCCCC2)n1. The Morgan fingerprint density at radius 2 is 2.04 bits per heavy atom. The van der Waals surface area contributed by atoms with E-state index in [-0.39, 0.29) is 6.42 Å². The molecule has 2 rings (SSSR count). The number of hydrogen-bond acceptors (Lipinski definition) is 6. The Bertz CT molecular complexity index is 504. The molecule has 0 amide bonds. The van der Waals surface area contributed by atoms with Crippen LogP contribution >= 0.6 is 0 Å². The van der Waals surface area contributed by atoms with E-state index in [1.165, 1.54) is 25.7 Å². The summed E-state index contributed by atoms with van der Waals surface area (Å²) in [4.78, 5) is 23.9. The Labute approximate surface area is 144 Å². The predicted octanol–water partition coefficient (Wildman–Crippen LogP) is 2.07. The fourth-order valence-corrected chi connectivity index (χ4v) is 2.88. The van der Waals surface area contributed by atoms with Crippen LogP contribution in [0.2, 0.25) is 0 Å². The highest BCUT2D eigenvalue weighted by atomic mass is 16.4. The van der Waals surface area contributed by atoms with Crippen LogP contribution in [0.15, 0.2) is 12.3 Å². The summed E-state index contributed by atoms with van der Waals surface area (Å²) in [5.74, 6) is 0.931. The Hall–Kier alpha value is -1.89. The molecule has 1 saturated heterocycles. The van der Waals surface area contributed by atoms with Gasteiger partial charge < -0.3 is 20.2 Å². The van der Waals surface area contributed by atoms with Crippen LogP contribution in [0.3, 0.4) is 0 Å². The van der Waals surface area contributed by atoms with Crippen molar-refractivity contribution in [1.29, 1.82) is 0 Å². The van der Waals surface area contributed by atoms with E-state index in [1.807, 2.05) is 19.3 Å². The molecule has 0 aromatic carbocycles. The number of nitrogens with zero attached hydrogens (tertiary/aromatic N) is 4. The van der Waals surface area contributed by atoms with Gasteiger partial charge in [0.2, 0.25) is 5.95 Å². The van der Waals surface area contributed by atoms with Gasteiger partial charge in [-0.3, -0.25) is 4.79 Å². The van der Waals surface area contributed by atoms with Gasteiger partial charge in [0.15, 0.2) is 0 Å². The summed E-state index contributed by atoms with van der Waals surface area (Å²) in [6.07, 6.45) is 7.78. The molecule has 1 aromatic rings. The smallest absolute Gasteiger partial charge is 0.303 e. The fraction of sp³-hybridized carbons (Fsp3) is 0.706. The van der Waals surface area contributed by atoms with Crippen molar-refractivity contribution in [2.24, 2.45) is 0 Å². The molecule has 1 aromatic heterocycles. The molecule has 2 N–H and O–H groups in total. The van der Waals surface area contributed by atoms with E-state index in [1.54, 1.807) is 0 Å². The first-order valence-corrected chi connectivity index (χ1v) is 8.87. The van der Waals surface area contributed by atoms with Crippen molar-refractivity contribution in [1.82, 2.24) is 14.9 Å². The predicted molar refractivity (Wildman–Crippen MR) is 95.6 cm³/mol. The molecule has 24 heavy (non-hydrogen) atoms. The van der Waals surface area contributed by atoms with Crippen LogP contribution < -0.4 is 10.2 Å². The zero-order valence-electron chi connectivity index (χ0n) is 14.6. The summed E-state index contributed by atoms with van der Waals surface area (Å²) in [6, 6.07) is 1.98. The summed E-state index contributed by atoms with van der Waals surface area (Å²) in [7, 11) is 2.00. The highest BCUT2D eigenvalue weighted by Gasteiger charge is 2.11. The van der Waals surface area contributed by atoms with Gasteiger partial charge in [-0.1, -0.05) is 12.8 Å². The van der Waals surface area contributed by atoms with Crippen LogP contribution in [0, 0.1) is 0 Å². The minimum absolute atomic E-state index is 0.221. The van der Waals surface area contributed by atoms with Crippen molar-refractivity contribution < 1.29 is 9.90 Å². The van der Waals surface area contributed by atoms with E-state index in [9.17, 15) is 4.79 Å². The first kappa shape index (κ1) is 18.4. The molecule has 0 spiro atoms. The molecule has 7 heteroatoms. The number of carbonyl (C=O) groups is 1. The summed E-state index contributed by atoms with van der Waals surface area (Å²) in [5, 5.41) is 11.9. The van der Waals surface area contributed by atoms with E-state index in [0.717, 1.165) is 38.5 Å². The minimum Gasteiger partial charge on any atom is -0.481 e. The lowest BCUT2D eigenvalue weighted by Crippen LogP contribution is -2.27. The van der Waals surface area contributed by atoms with Gasteiger partial charge in [-0.2, -0.15) is 4.98 Å². The maximum Gasteiger partial charge on any atom is 0.303 e. The number of rotatable bonds is 9. The third-order valence-corrected chi connectivity index (χ3v) is 4.28. The van der Waals surface area contributed by atoms with Crippen LogP contribution in [0.5, 0.6) is 0 Å². The Morgan fingerprint density at radius 1 is 1.29 bits per heavy atom. The minimum atomic E-state index is -0.736. The van der Waals surface area contributed by atoms with Crippen molar-refractivity contribution in [3.05, 3.63) is 12.3 Å². The molecular formula is C17H29N5O2. The highest BCUT2D eigenvalue weighted by Crippen LogP contribution is 2.17. The third-order valence-electron chi connectivity index (χ3n) is 4.28. The van der Waals surface area contributed by atoms with Gasteiger partial charge in [0.1, 0.15) is 5.82 Å². The molecular weight excluding hydrogens is 306 g/mol. The molecule has 0 saturated carbocycles. The lowest BCUT2D eigenvalue weighted by atomic mass is 10.2. The van der Waals surface area contributed by atoms with Crippen molar-refractivity contribution in [3.63, 3.8) is 0 Å². The monoisotopic (exact) mass is 335 g/mol. The van der Waals surface area contributed by atoms with Crippen LogP contribution in [0.4, 0.5) is 11.8 Å².